The van der Waals surface area contributed by atoms with Crippen LogP contribution in [0.2, 0.25) is 0 Å². The number of carbonyl (C=O) groups excluding carboxylic acids is 2. The number of aromatic nitrogens is 3. The highest BCUT2D eigenvalue weighted by molar-refractivity contribution is 5.99. The molecule has 0 radical (unpaired) electrons. The molecular formula is C36H38F3N5O7. The quantitative estimate of drug-likeness (QED) is 0.163. The summed E-state index contributed by atoms with van der Waals surface area (Å²) in [5, 5.41) is 8.44. The van der Waals surface area contributed by atoms with Crippen molar-refractivity contribution < 1.29 is 46.1 Å². The lowest BCUT2D eigenvalue weighted by Crippen LogP contribution is -2.34. The van der Waals surface area contributed by atoms with Crippen molar-refractivity contribution in [2.45, 2.75) is 71.9 Å². The summed E-state index contributed by atoms with van der Waals surface area (Å²) in [5.74, 6) is 0.767. The number of methoxy groups -OCH3 is 1. The highest BCUT2D eigenvalue weighted by Crippen LogP contribution is 2.39. The maximum atomic E-state index is 13.6. The summed E-state index contributed by atoms with van der Waals surface area (Å²) in [6.45, 7) is 10.9. The van der Waals surface area contributed by atoms with E-state index in [-0.39, 0.29) is 34.7 Å². The smallest absolute Gasteiger partial charge is 0.497 e. The minimum Gasteiger partial charge on any atom is -0.497 e. The number of halogens is 3. The summed E-state index contributed by atoms with van der Waals surface area (Å²) in [7, 11) is 1.58. The van der Waals surface area contributed by atoms with Crippen molar-refractivity contribution in [3.63, 3.8) is 0 Å². The van der Waals surface area contributed by atoms with E-state index in [1.807, 2.05) is 29.2 Å². The van der Waals surface area contributed by atoms with Crippen molar-refractivity contribution in [1.82, 2.24) is 20.1 Å². The Labute approximate surface area is 292 Å². The molecule has 0 saturated heterocycles. The number of hydrogen-bond donors (Lipinski definition) is 0. The number of rotatable bonds is 8. The van der Waals surface area contributed by atoms with Gasteiger partial charge in [-0.2, -0.15) is 13.2 Å². The van der Waals surface area contributed by atoms with Gasteiger partial charge in [0.25, 0.3) is 5.89 Å². The first-order valence-corrected chi connectivity index (χ1v) is 15.9. The molecule has 0 aliphatic carbocycles. The van der Waals surface area contributed by atoms with Gasteiger partial charge in [0.1, 0.15) is 17.0 Å². The van der Waals surface area contributed by atoms with Gasteiger partial charge in [0.2, 0.25) is 11.8 Å². The maximum Gasteiger partial charge on any atom is 0.515 e. The Hall–Kier alpha value is -5.60. The van der Waals surface area contributed by atoms with Crippen LogP contribution in [0.15, 0.2) is 77.2 Å². The number of carbonyl (C=O) groups is 2. The zero-order valence-corrected chi connectivity index (χ0v) is 29.2. The molecule has 0 N–H and O–H groups in total. The first-order valence-electron chi connectivity index (χ1n) is 15.9. The monoisotopic (exact) mass is 709 g/mol. The van der Waals surface area contributed by atoms with Crippen LogP contribution in [-0.2, 0) is 26.9 Å². The molecule has 4 aromatic rings. The fourth-order valence-corrected chi connectivity index (χ4v) is 5.06. The lowest BCUT2D eigenvalue weighted by molar-refractivity contribution is -0.137. The second kappa shape index (κ2) is 14.3. The Morgan fingerprint density at radius 1 is 0.882 bits per heavy atom. The first kappa shape index (κ1) is 36.7. The molecule has 0 fully saturated rings. The lowest BCUT2D eigenvalue weighted by atomic mass is 10.1. The van der Waals surface area contributed by atoms with E-state index >= 15 is 0 Å². The van der Waals surface area contributed by atoms with Gasteiger partial charge in [-0.1, -0.05) is 12.1 Å². The molecule has 51 heavy (non-hydrogen) atoms. The van der Waals surface area contributed by atoms with Crippen LogP contribution in [0.5, 0.6) is 5.75 Å². The largest absolute Gasteiger partial charge is 0.515 e. The molecule has 1 amide bonds. The molecule has 15 heteroatoms. The fraction of sp³-hybridized carbons (Fsp3) is 0.361. The third-order valence-electron chi connectivity index (χ3n) is 7.22. The van der Waals surface area contributed by atoms with Gasteiger partial charge in [0.05, 0.1) is 29.6 Å². The van der Waals surface area contributed by atoms with Crippen LogP contribution in [0.4, 0.5) is 34.1 Å². The van der Waals surface area contributed by atoms with Gasteiger partial charge >= 0.3 is 18.4 Å². The Morgan fingerprint density at radius 2 is 1.53 bits per heavy atom. The Kier molecular flexibility index (Phi) is 10.3. The minimum atomic E-state index is -4.58. The van der Waals surface area contributed by atoms with E-state index in [2.05, 4.69) is 15.2 Å². The van der Waals surface area contributed by atoms with Crippen molar-refractivity contribution in [3.05, 3.63) is 89.8 Å². The fourth-order valence-electron chi connectivity index (χ4n) is 5.06. The van der Waals surface area contributed by atoms with Crippen LogP contribution in [0.1, 0.15) is 65.0 Å². The zero-order valence-electron chi connectivity index (χ0n) is 29.2. The third kappa shape index (κ3) is 9.15. The van der Waals surface area contributed by atoms with Crippen LogP contribution in [-0.4, -0.2) is 57.2 Å². The van der Waals surface area contributed by atoms with E-state index in [1.54, 1.807) is 54.7 Å². The van der Waals surface area contributed by atoms with Gasteiger partial charge in [-0.25, -0.2) is 19.5 Å². The van der Waals surface area contributed by atoms with E-state index in [1.165, 1.54) is 12.3 Å². The van der Waals surface area contributed by atoms with E-state index in [0.29, 0.717) is 30.8 Å². The summed E-state index contributed by atoms with van der Waals surface area (Å²) in [5.41, 5.74) is -1.09. The van der Waals surface area contributed by atoms with Gasteiger partial charge in [0, 0.05) is 25.7 Å². The average Bonchev–Trinajstić information content (AvgIpc) is 3.67. The Morgan fingerprint density at radius 3 is 2.14 bits per heavy atom. The van der Waals surface area contributed by atoms with Gasteiger partial charge in [-0.05, 0) is 95.6 Å². The second-order valence-corrected chi connectivity index (χ2v) is 13.5. The molecule has 0 atom stereocenters. The normalized spacial score (nSPS) is 13.6. The molecule has 0 spiro atoms. The molecule has 1 aliphatic heterocycles. The van der Waals surface area contributed by atoms with Crippen LogP contribution in [0.25, 0.3) is 17.2 Å². The third-order valence-corrected chi connectivity index (χ3v) is 7.22. The molecule has 12 nitrogen and oxygen atoms in total. The molecule has 5 rings (SSSR count). The van der Waals surface area contributed by atoms with Crippen LogP contribution >= 0.6 is 0 Å². The lowest BCUT2D eigenvalue weighted by Gasteiger charge is -2.28. The number of alkyl halides is 3. The molecule has 3 heterocycles. The van der Waals surface area contributed by atoms with Gasteiger partial charge in [-0.3, -0.25) is 0 Å². The number of hydrogen-bond acceptors (Lipinski definition) is 11. The summed E-state index contributed by atoms with van der Waals surface area (Å²) in [6, 6.07) is 14.5. The summed E-state index contributed by atoms with van der Waals surface area (Å²) in [6.07, 6.45) is -4.59. The zero-order chi connectivity index (χ0) is 37.1. The molecule has 0 saturated carbocycles. The van der Waals surface area contributed by atoms with Gasteiger partial charge in [0.15, 0.2) is 5.69 Å². The van der Waals surface area contributed by atoms with Crippen molar-refractivity contribution in [2.75, 3.05) is 18.6 Å². The SMILES string of the molecule is COc1ccc(CN2CCC(c3nnc(-c4ncccc4N(C(=O)OC(C)(C)C)c4ccc(C(F)(F)F)cc4)o3)=C2OC(=O)OC(C)(C)C)cc1. The molecule has 270 valence electrons. The predicted molar refractivity (Wildman–Crippen MR) is 180 cm³/mol. The summed E-state index contributed by atoms with van der Waals surface area (Å²) >= 11 is 0. The maximum absolute atomic E-state index is 13.6. The number of amides is 1. The van der Waals surface area contributed by atoms with Crippen molar-refractivity contribution >= 4 is 29.2 Å². The molecule has 2 aromatic heterocycles. The molecule has 0 unspecified atom stereocenters. The average molecular weight is 710 g/mol. The van der Waals surface area contributed by atoms with E-state index in [0.717, 1.165) is 34.7 Å². The van der Waals surface area contributed by atoms with Crippen LogP contribution in [0.3, 0.4) is 0 Å². The first-order chi connectivity index (χ1) is 23.9. The van der Waals surface area contributed by atoms with E-state index in [4.69, 9.17) is 23.4 Å². The molecular weight excluding hydrogens is 671 g/mol. The predicted octanol–water partition coefficient (Wildman–Crippen LogP) is 8.76. The summed E-state index contributed by atoms with van der Waals surface area (Å²) < 4.78 is 68.3. The summed E-state index contributed by atoms with van der Waals surface area (Å²) in [4.78, 5) is 33.8. The van der Waals surface area contributed by atoms with E-state index < -0.39 is 35.2 Å². The number of nitrogens with zero attached hydrogens (tertiary/aromatic N) is 5. The van der Waals surface area contributed by atoms with Crippen molar-refractivity contribution in [3.8, 4) is 17.3 Å². The van der Waals surface area contributed by atoms with Crippen molar-refractivity contribution in [1.29, 1.82) is 0 Å². The second-order valence-electron chi connectivity index (χ2n) is 13.5. The molecule has 0 bridgehead atoms. The number of ether oxygens (including phenoxy) is 4. The topological polar surface area (TPSA) is 129 Å². The number of benzene rings is 2. The minimum absolute atomic E-state index is 0.0238. The molecule has 1 aliphatic rings. The van der Waals surface area contributed by atoms with Gasteiger partial charge in [-0.15, -0.1) is 10.2 Å². The van der Waals surface area contributed by atoms with Crippen LogP contribution in [0, 0.1) is 0 Å². The molecule has 2 aromatic carbocycles. The Balaban J connectivity index is 1.54. The highest BCUT2D eigenvalue weighted by Gasteiger charge is 2.35. The van der Waals surface area contributed by atoms with Crippen LogP contribution < -0.4 is 9.64 Å². The Bertz CT molecular complexity index is 1890. The van der Waals surface area contributed by atoms with E-state index in [9.17, 15) is 22.8 Å². The number of anilines is 2. The standard InChI is InChI=1S/C36H38F3N5O7/c1-34(2,3)50-32(45)44(24-14-12-23(13-15-24)36(37,38)39)27-9-8-19-40-28(27)30-42-41-29(48-30)26-18-20-43(21-22-10-16-25(47-7)17-11-22)31(26)49-33(46)51-35(4,5)6/h8-17,19H,18,20-21H2,1-7H3. The number of pyridine rings is 1. The van der Waals surface area contributed by atoms with Gasteiger partial charge < -0.3 is 28.3 Å². The van der Waals surface area contributed by atoms with Crippen molar-refractivity contribution in [2.24, 2.45) is 0 Å². The highest BCUT2D eigenvalue weighted by atomic mass is 19.4.